The van der Waals surface area contributed by atoms with E-state index < -0.39 is 10.4 Å². The predicted octanol–water partition coefficient (Wildman–Crippen LogP) is 5.29. The molecule has 0 bridgehead atoms. The smallest absolute Gasteiger partial charge is 0.276 e. The Kier molecular flexibility index (Phi) is 18.6. The normalized spacial score (nSPS) is 13.4. The van der Waals surface area contributed by atoms with Crippen molar-refractivity contribution in [2.75, 3.05) is 53.5 Å². The van der Waals surface area contributed by atoms with Gasteiger partial charge in [-0.05, 0) is 65.8 Å². The molecular weight excluding hydrogens is 445 g/mol. The quantitative estimate of drug-likeness (QED) is 0.114. The molecule has 0 aromatic rings. The van der Waals surface area contributed by atoms with Gasteiger partial charge in [-0.25, -0.2) is 8.15 Å². The van der Waals surface area contributed by atoms with E-state index in [1.54, 1.807) is 0 Å². The highest BCUT2D eigenvalue weighted by molar-refractivity contribution is 7.85. The first-order valence-corrected chi connectivity index (χ1v) is 15.1. The third-order valence-electron chi connectivity index (χ3n) is 6.05. The fraction of sp³-hybridized carbons (Fsp3) is 1.00. The van der Waals surface area contributed by atoms with Crippen LogP contribution in [-0.2, 0) is 18.6 Å². The lowest BCUT2D eigenvalue weighted by molar-refractivity contribution is -0.148. The summed E-state index contributed by atoms with van der Waals surface area (Å²) in [6.45, 7) is 12.0. The molecule has 9 heteroatoms. The molecule has 0 saturated heterocycles. The van der Waals surface area contributed by atoms with E-state index in [0.29, 0.717) is 12.6 Å². The van der Waals surface area contributed by atoms with Gasteiger partial charge in [0.05, 0.1) is 6.61 Å². The van der Waals surface area contributed by atoms with Crippen molar-refractivity contribution in [3.63, 3.8) is 0 Å². The van der Waals surface area contributed by atoms with Gasteiger partial charge < -0.3 is 0 Å². The molecule has 1 atom stereocenters. The summed E-state index contributed by atoms with van der Waals surface area (Å²) >= 11 is 0. The summed E-state index contributed by atoms with van der Waals surface area (Å²) in [6, 6.07) is 0. The van der Waals surface area contributed by atoms with Crippen LogP contribution < -0.4 is 0 Å². The fourth-order valence-corrected chi connectivity index (χ4v) is 5.76. The van der Waals surface area contributed by atoms with E-state index in [0.717, 1.165) is 38.9 Å². The zero-order chi connectivity index (χ0) is 24.5. The van der Waals surface area contributed by atoms with Gasteiger partial charge in [0.2, 0.25) is 0 Å². The van der Waals surface area contributed by atoms with E-state index in [4.69, 9.17) is 8.15 Å². The Morgan fingerprint density at radius 3 is 1.56 bits per heavy atom. The van der Waals surface area contributed by atoms with Crippen LogP contribution in [0.25, 0.3) is 0 Å². The number of hydrogen-bond donors (Lipinski definition) is 0. The zero-order valence-electron chi connectivity index (χ0n) is 22.0. The molecule has 0 rings (SSSR count). The van der Waals surface area contributed by atoms with Crippen LogP contribution >= 0.6 is 8.81 Å². The Balaban J connectivity index is 5.25. The van der Waals surface area contributed by atoms with Crippen molar-refractivity contribution in [3.8, 4) is 0 Å². The Labute approximate surface area is 201 Å². The van der Waals surface area contributed by atoms with Crippen molar-refractivity contribution in [2.45, 2.75) is 97.7 Å². The highest BCUT2D eigenvalue weighted by Gasteiger charge is 2.41. The van der Waals surface area contributed by atoms with Crippen molar-refractivity contribution >= 4 is 19.2 Å². The molecule has 0 aromatic heterocycles. The third-order valence-corrected chi connectivity index (χ3v) is 8.35. The van der Waals surface area contributed by atoms with Crippen LogP contribution in [0.3, 0.4) is 0 Å². The van der Waals surface area contributed by atoms with Crippen molar-refractivity contribution < 1.29 is 16.6 Å². The third kappa shape index (κ3) is 12.0. The fourth-order valence-electron chi connectivity index (χ4n) is 4.01. The minimum Gasteiger partial charge on any atom is -0.276 e. The summed E-state index contributed by atoms with van der Waals surface area (Å²) in [7, 11) is 2.75. The lowest BCUT2D eigenvalue weighted by Gasteiger charge is -2.54. The van der Waals surface area contributed by atoms with Crippen LogP contribution in [0.2, 0.25) is 0 Å². The van der Waals surface area contributed by atoms with Crippen molar-refractivity contribution in [3.05, 3.63) is 0 Å². The highest BCUT2D eigenvalue weighted by atomic mass is 32.3. The summed E-state index contributed by atoms with van der Waals surface area (Å²) in [5.41, 5.74) is 0. The molecule has 0 aromatic carbocycles. The molecule has 0 aliphatic heterocycles. The second-order valence-corrected chi connectivity index (χ2v) is 11.3. The zero-order valence-corrected chi connectivity index (χ0v) is 23.8. The van der Waals surface area contributed by atoms with Gasteiger partial charge in [0.15, 0.2) is 0 Å². The van der Waals surface area contributed by atoms with Crippen molar-refractivity contribution in [1.82, 2.24) is 14.7 Å². The van der Waals surface area contributed by atoms with E-state index in [2.05, 4.69) is 56.6 Å². The maximum atomic E-state index is 11.9. The molecule has 0 amide bonds. The monoisotopic (exact) mass is 497 g/mol. The molecule has 32 heavy (non-hydrogen) atoms. The molecule has 0 radical (unpaired) electrons. The van der Waals surface area contributed by atoms with Gasteiger partial charge in [-0.1, -0.05) is 53.4 Å². The average Bonchev–Trinajstić information content (AvgIpc) is 2.76. The molecular formula is C23H52N3O4PS. The molecule has 7 nitrogen and oxygen atoms in total. The van der Waals surface area contributed by atoms with E-state index in [1.807, 2.05) is 6.92 Å². The lowest BCUT2D eigenvalue weighted by atomic mass is 10.1. The van der Waals surface area contributed by atoms with Crippen molar-refractivity contribution in [2.24, 2.45) is 0 Å². The van der Waals surface area contributed by atoms with Crippen LogP contribution in [-0.4, -0.2) is 82.5 Å². The summed E-state index contributed by atoms with van der Waals surface area (Å²) in [5, 5.41) is 0. The average molecular weight is 498 g/mol. The van der Waals surface area contributed by atoms with Gasteiger partial charge in [-0.15, -0.1) is 0 Å². The van der Waals surface area contributed by atoms with Gasteiger partial charge >= 0.3 is 10.4 Å². The van der Waals surface area contributed by atoms with E-state index in [-0.39, 0.29) is 21.2 Å². The predicted molar refractivity (Wildman–Crippen MR) is 139 cm³/mol. The van der Waals surface area contributed by atoms with Crippen LogP contribution in [0, 0.1) is 0 Å². The van der Waals surface area contributed by atoms with Crippen LogP contribution in [0.4, 0.5) is 0 Å². The van der Waals surface area contributed by atoms with Crippen LogP contribution in [0.5, 0.6) is 0 Å². The van der Waals surface area contributed by atoms with E-state index >= 15 is 0 Å². The summed E-state index contributed by atoms with van der Waals surface area (Å²) in [4.78, 5) is 7.53. The van der Waals surface area contributed by atoms with Crippen LogP contribution in [0.1, 0.15) is 91.9 Å². The first-order valence-electron chi connectivity index (χ1n) is 12.7. The molecule has 0 heterocycles. The standard InChI is InChI=1S/C23H52N3O4PS/c1-8-12-18-24(5)23(25(6)19-13-9-2,26(7)20-14-10-3)17-16-22-31-30-32(27,28)29-21-15-11-4/h31H,8-22H2,1-7H3. The Hall–Kier alpha value is 0.180. The molecule has 0 spiro atoms. The second kappa shape index (κ2) is 18.5. The Morgan fingerprint density at radius 1 is 0.719 bits per heavy atom. The maximum Gasteiger partial charge on any atom is 0.402 e. The number of hydrogen-bond acceptors (Lipinski definition) is 7. The minimum absolute atomic E-state index is 0.103. The summed E-state index contributed by atoms with van der Waals surface area (Å²) in [6.07, 6.45) is 11.2. The van der Waals surface area contributed by atoms with Gasteiger partial charge in [0.25, 0.3) is 0 Å². The first-order chi connectivity index (χ1) is 15.2. The summed E-state index contributed by atoms with van der Waals surface area (Å²) in [5.74, 6) is -0.180. The lowest BCUT2D eigenvalue weighted by Crippen LogP contribution is -2.67. The van der Waals surface area contributed by atoms with Gasteiger partial charge in [0.1, 0.15) is 5.79 Å². The Morgan fingerprint density at radius 2 is 1.16 bits per heavy atom. The molecule has 0 aliphatic carbocycles. The molecule has 0 aliphatic rings. The molecule has 194 valence electrons. The van der Waals surface area contributed by atoms with Gasteiger partial charge in [-0.2, -0.15) is 8.42 Å². The maximum absolute atomic E-state index is 11.9. The molecule has 1 unspecified atom stereocenters. The SMILES string of the molecule is CCCCOS(=O)(=O)OPCCCC(N(C)CCCC)(N(C)CCCC)N(C)CCCC. The van der Waals surface area contributed by atoms with Gasteiger partial charge in [-0.3, -0.25) is 14.7 Å². The first kappa shape index (κ1) is 32.2. The largest absolute Gasteiger partial charge is 0.402 e. The summed E-state index contributed by atoms with van der Waals surface area (Å²) < 4.78 is 33.8. The number of rotatable bonds is 22. The van der Waals surface area contributed by atoms with E-state index in [1.165, 1.54) is 38.5 Å². The second-order valence-electron chi connectivity index (χ2n) is 8.76. The van der Waals surface area contributed by atoms with Crippen molar-refractivity contribution in [1.29, 1.82) is 0 Å². The Bertz CT molecular complexity index is 515. The van der Waals surface area contributed by atoms with Gasteiger partial charge in [0, 0.05) is 28.4 Å². The number of unbranched alkanes of at least 4 members (excludes halogenated alkanes) is 4. The van der Waals surface area contributed by atoms with Crippen LogP contribution in [0.15, 0.2) is 0 Å². The molecule has 0 saturated carbocycles. The topological polar surface area (TPSA) is 62.3 Å². The minimum atomic E-state index is -3.87. The highest BCUT2D eigenvalue weighted by Crippen LogP contribution is 2.31. The molecule has 0 N–H and O–H groups in total. The number of nitrogens with zero attached hydrogens (tertiary/aromatic N) is 3. The van der Waals surface area contributed by atoms with E-state index in [9.17, 15) is 8.42 Å². The molecule has 0 fully saturated rings.